The van der Waals surface area contributed by atoms with Crippen molar-refractivity contribution in [2.75, 3.05) is 63.2 Å². The van der Waals surface area contributed by atoms with Gasteiger partial charge in [-0.25, -0.2) is 9.97 Å². The maximum absolute atomic E-state index is 5.43. The quantitative estimate of drug-likeness (QED) is 0.791. The summed E-state index contributed by atoms with van der Waals surface area (Å²) in [6.07, 6.45) is 2.95. The van der Waals surface area contributed by atoms with E-state index in [1.165, 1.54) is 16.8 Å². The molecule has 0 atom stereocenters. The van der Waals surface area contributed by atoms with E-state index in [4.69, 9.17) is 4.74 Å². The minimum absolute atomic E-state index is 0.662. The van der Waals surface area contributed by atoms with E-state index in [0.29, 0.717) is 5.95 Å². The Morgan fingerprint density at radius 2 is 2.14 bits per heavy atom. The Labute approximate surface area is 167 Å². The molecule has 0 unspecified atom stereocenters. The normalized spacial score (nSPS) is 17.2. The van der Waals surface area contributed by atoms with Crippen molar-refractivity contribution in [2.24, 2.45) is 0 Å². The fourth-order valence-corrected chi connectivity index (χ4v) is 3.82. The molecule has 150 valence electrons. The first-order valence-electron chi connectivity index (χ1n) is 10.1. The van der Waals surface area contributed by atoms with Gasteiger partial charge in [0.05, 0.1) is 18.9 Å². The molecular weight excluding hydrogens is 352 g/mol. The average Bonchev–Trinajstić information content (AvgIpc) is 2.73. The minimum Gasteiger partial charge on any atom is -0.379 e. The molecule has 0 aliphatic carbocycles. The van der Waals surface area contributed by atoms with E-state index in [1.807, 2.05) is 6.20 Å². The van der Waals surface area contributed by atoms with Crippen LogP contribution in [0.1, 0.15) is 16.8 Å². The van der Waals surface area contributed by atoms with Crippen LogP contribution in [0.15, 0.2) is 24.4 Å². The molecule has 1 aromatic carbocycles. The minimum atomic E-state index is 0.662. The number of nitrogens with zero attached hydrogens (tertiary/aromatic N) is 4. The molecule has 1 fully saturated rings. The number of fused-ring (bicyclic) bond motifs is 1. The summed E-state index contributed by atoms with van der Waals surface area (Å²) in [7, 11) is 2.16. The summed E-state index contributed by atoms with van der Waals surface area (Å²) in [5.74, 6) is 0.662. The molecule has 3 heterocycles. The second-order valence-corrected chi connectivity index (χ2v) is 7.59. The van der Waals surface area contributed by atoms with Gasteiger partial charge < -0.3 is 20.3 Å². The van der Waals surface area contributed by atoms with E-state index >= 15 is 0 Å². The van der Waals surface area contributed by atoms with Gasteiger partial charge in [-0.15, -0.1) is 0 Å². The maximum atomic E-state index is 5.43. The molecule has 0 saturated carbocycles. The zero-order chi connectivity index (χ0) is 19.3. The molecule has 0 spiro atoms. The molecule has 4 rings (SSSR count). The number of aryl methyl sites for hydroxylation is 1. The number of morpholine rings is 1. The van der Waals surface area contributed by atoms with Gasteiger partial charge in [0.2, 0.25) is 5.95 Å². The lowest BCUT2D eigenvalue weighted by Crippen LogP contribution is -2.40. The van der Waals surface area contributed by atoms with Crippen LogP contribution in [0, 0.1) is 6.92 Å². The highest BCUT2D eigenvalue weighted by molar-refractivity contribution is 5.63. The first-order chi connectivity index (χ1) is 13.7. The Morgan fingerprint density at radius 1 is 1.29 bits per heavy atom. The second kappa shape index (κ2) is 8.86. The van der Waals surface area contributed by atoms with Crippen LogP contribution < -0.4 is 15.5 Å². The fraction of sp³-hybridized carbons (Fsp3) is 0.524. The van der Waals surface area contributed by atoms with Gasteiger partial charge in [0.15, 0.2) is 0 Å². The summed E-state index contributed by atoms with van der Waals surface area (Å²) in [6, 6.07) is 6.45. The van der Waals surface area contributed by atoms with Gasteiger partial charge in [-0.05, 0) is 49.2 Å². The molecule has 2 aliphatic heterocycles. The monoisotopic (exact) mass is 382 g/mol. The third kappa shape index (κ3) is 4.60. The predicted molar refractivity (Wildman–Crippen MR) is 112 cm³/mol. The molecule has 2 aromatic rings. The van der Waals surface area contributed by atoms with Gasteiger partial charge in [-0.3, -0.25) is 4.90 Å². The van der Waals surface area contributed by atoms with Crippen molar-refractivity contribution < 1.29 is 4.74 Å². The third-order valence-electron chi connectivity index (χ3n) is 5.54. The van der Waals surface area contributed by atoms with Crippen LogP contribution in [0.5, 0.6) is 0 Å². The molecular formula is C21H30N6O. The lowest BCUT2D eigenvalue weighted by molar-refractivity contribution is 0.0393. The molecule has 1 aromatic heterocycles. The van der Waals surface area contributed by atoms with Crippen molar-refractivity contribution in [1.29, 1.82) is 0 Å². The van der Waals surface area contributed by atoms with Gasteiger partial charge >= 0.3 is 0 Å². The predicted octanol–water partition coefficient (Wildman–Crippen LogP) is 1.94. The largest absolute Gasteiger partial charge is 0.379 e. The molecule has 7 heteroatoms. The second-order valence-electron chi connectivity index (χ2n) is 7.59. The van der Waals surface area contributed by atoms with Gasteiger partial charge in [-0.1, -0.05) is 0 Å². The van der Waals surface area contributed by atoms with Crippen molar-refractivity contribution in [3.05, 3.63) is 41.2 Å². The van der Waals surface area contributed by atoms with Crippen LogP contribution in [0.2, 0.25) is 0 Å². The average molecular weight is 383 g/mol. The van der Waals surface area contributed by atoms with E-state index in [9.17, 15) is 0 Å². The van der Waals surface area contributed by atoms with Gasteiger partial charge in [-0.2, -0.15) is 0 Å². The van der Waals surface area contributed by atoms with E-state index in [0.717, 1.165) is 70.3 Å². The first kappa shape index (κ1) is 19.1. The number of benzene rings is 1. The standard InChI is InChI=1S/C21H30N6O/c1-16-13-18(24-21-23-14-17-5-6-22-15-19(17)25-21)3-4-20(16)26(2)7-8-27-9-11-28-12-10-27/h3-4,13-14,22H,5-12,15H2,1-2H3,(H,23,24,25). The zero-order valence-corrected chi connectivity index (χ0v) is 16.9. The van der Waals surface area contributed by atoms with Gasteiger partial charge in [0.1, 0.15) is 0 Å². The number of hydrogen-bond donors (Lipinski definition) is 2. The summed E-state index contributed by atoms with van der Waals surface area (Å²) in [4.78, 5) is 13.9. The van der Waals surface area contributed by atoms with Crippen LogP contribution in [-0.2, 0) is 17.7 Å². The summed E-state index contributed by atoms with van der Waals surface area (Å²) in [5.41, 5.74) is 5.87. The molecule has 7 nitrogen and oxygen atoms in total. The smallest absolute Gasteiger partial charge is 0.227 e. The van der Waals surface area contributed by atoms with Crippen LogP contribution in [0.3, 0.4) is 0 Å². The Kier molecular flexibility index (Phi) is 6.04. The lowest BCUT2D eigenvalue weighted by atomic mass is 10.1. The maximum Gasteiger partial charge on any atom is 0.227 e. The SMILES string of the molecule is Cc1cc(Nc2ncc3c(n2)CNCC3)ccc1N(C)CCN1CCOCC1. The summed E-state index contributed by atoms with van der Waals surface area (Å²) in [6.45, 7) is 9.82. The highest BCUT2D eigenvalue weighted by Gasteiger charge is 2.14. The summed E-state index contributed by atoms with van der Waals surface area (Å²) >= 11 is 0. The Morgan fingerprint density at radius 3 is 2.96 bits per heavy atom. The van der Waals surface area contributed by atoms with E-state index in [2.05, 4.69) is 62.6 Å². The van der Waals surface area contributed by atoms with Crippen LogP contribution in [0.25, 0.3) is 0 Å². The topological polar surface area (TPSA) is 65.6 Å². The molecule has 28 heavy (non-hydrogen) atoms. The molecule has 0 bridgehead atoms. The van der Waals surface area contributed by atoms with Crippen molar-refractivity contribution in [2.45, 2.75) is 19.9 Å². The molecule has 0 radical (unpaired) electrons. The van der Waals surface area contributed by atoms with Crippen LogP contribution in [0.4, 0.5) is 17.3 Å². The third-order valence-corrected chi connectivity index (χ3v) is 5.54. The van der Waals surface area contributed by atoms with Crippen molar-refractivity contribution in [3.63, 3.8) is 0 Å². The highest BCUT2D eigenvalue weighted by Crippen LogP contribution is 2.24. The summed E-state index contributed by atoms with van der Waals surface area (Å²) in [5, 5.41) is 6.72. The zero-order valence-electron chi connectivity index (χ0n) is 16.9. The number of nitrogens with one attached hydrogen (secondary N) is 2. The lowest BCUT2D eigenvalue weighted by Gasteiger charge is -2.30. The fourth-order valence-electron chi connectivity index (χ4n) is 3.82. The van der Waals surface area contributed by atoms with Crippen molar-refractivity contribution in [1.82, 2.24) is 20.2 Å². The van der Waals surface area contributed by atoms with Crippen molar-refractivity contribution >= 4 is 17.3 Å². The Hall–Kier alpha value is -2.22. The van der Waals surface area contributed by atoms with Gasteiger partial charge in [0, 0.05) is 57.3 Å². The molecule has 0 amide bonds. The number of likely N-dealkylation sites (N-methyl/N-ethyl adjacent to an activating group) is 1. The number of rotatable bonds is 6. The summed E-state index contributed by atoms with van der Waals surface area (Å²) < 4.78 is 5.43. The van der Waals surface area contributed by atoms with Crippen LogP contribution in [-0.4, -0.2) is 67.9 Å². The molecule has 1 saturated heterocycles. The Bertz CT molecular complexity index is 805. The van der Waals surface area contributed by atoms with E-state index in [-0.39, 0.29) is 0 Å². The highest BCUT2D eigenvalue weighted by atomic mass is 16.5. The number of hydrogen-bond acceptors (Lipinski definition) is 7. The Balaban J connectivity index is 1.38. The molecule has 2 aliphatic rings. The van der Waals surface area contributed by atoms with Crippen molar-refractivity contribution in [3.8, 4) is 0 Å². The van der Waals surface area contributed by atoms with Gasteiger partial charge in [0.25, 0.3) is 0 Å². The molecule has 2 N–H and O–H groups in total. The number of ether oxygens (including phenoxy) is 1. The van der Waals surface area contributed by atoms with Crippen LogP contribution >= 0.6 is 0 Å². The first-order valence-corrected chi connectivity index (χ1v) is 10.1. The number of anilines is 3. The van der Waals surface area contributed by atoms with E-state index in [1.54, 1.807) is 0 Å². The van der Waals surface area contributed by atoms with E-state index < -0.39 is 0 Å². The number of aromatic nitrogens is 2.